The fourth-order valence-corrected chi connectivity index (χ4v) is 2.72. The number of benzene rings is 1. The van der Waals surface area contributed by atoms with Crippen molar-refractivity contribution < 1.29 is 5.11 Å². The summed E-state index contributed by atoms with van der Waals surface area (Å²) in [5, 5.41) is 9.44. The summed E-state index contributed by atoms with van der Waals surface area (Å²) in [4.78, 5) is 4.48. The maximum absolute atomic E-state index is 9.44. The number of unbranched alkanes of at least 4 members (excludes halogenated alkanes) is 6. The second kappa shape index (κ2) is 8.05. The molecule has 110 valence electrons. The number of fused-ring (bicyclic) bond motifs is 1. The first-order chi connectivity index (χ1) is 9.86. The number of aliphatic hydroxyl groups excluding tert-OH is 1. The lowest BCUT2D eigenvalue weighted by atomic mass is 10.1. The predicted molar refractivity (Wildman–Crippen MR) is 83.6 cm³/mol. The molecule has 1 aromatic heterocycles. The van der Waals surface area contributed by atoms with E-state index in [4.69, 9.17) is 0 Å². The van der Waals surface area contributed by atoms with E-state index < -0.39 is 0 Å². The van der Waals surface area contributed by atoms with E-state index in [1.54, 1.807) is 0 Å². The summed E-state index contributed by atoms with van der Waals surface area (Å²) in [5.74, 6) is 0.789. The number of nitrogens with zero attached hydrogens (tertiary/aromatic N) is 2. The van der Waals surface area contributed by atoms with Crippen LogP contribution in [0.25, 0.3) is 11.0 Å². The summed E-state index contributed by atoms with van der Waals surface area (Å²) in [7, 11) is 0. The highest BCUT2D eigenvalue weighted by molar-refractivity contribution is 5.75. The van der Waals surface area contributed by atoms with Gasteiger partial charge in [-0.25, -0.2) is 4.98 Å². The van der Waals surface area contributed by atoms with E-state index in [0.29, 0.717) is 0 Å². The van der Waals surface area contributed by atoms with Crippen molar-refractivity contribution in [2.24, 2.45) is 0 Å². The normalized spacial score (nSPS) is 11.3. The zero-order chi connectivity index (χ0) is 14.2. The van der Waals surface area contributed by atoms with E-state index in [0.717, 1.165) is 23.4 Å². The van der Waals surface area contributed by atoms with Crippen LogP contribution in [-0.4, -0.2) is 14.7 Å². The number of aryl methyl sites for hydroxylation is 1. The Morgan fingerprint density at radius 2 is 1.70 bits per heavy atom. The third-order valence-corrected chi connectivity index (χ3v) is 3.86. The zero-order valence-electron chi connectivity index (χ0n) is 12.5. The van der Waals surface area contributed by atoms with Crippen LogP contribution in [0.15, 0.2) is 24.3 Å². The van der Waals surface area contributed by atoms with Crippen LogP contribution in [0, 0.1) is 0 Å². The van der Waals surface area contributed by atoms with Crippen LogP contribution < -0.4 is 0 Å². The van der Waals surface area contributed by atoms with Crippen molar-refractivity contribution in [3.05, 3.63) is 30.1 Å². The Labute approximate surface area is 121 Å². The van der Waals surface area contributed by atoms with Gasteiger partial charge >= 0.3 is 0 Å². The highest BCUT2D eigenvalue weighted by atomic mass is 16.3. The van der Waals surface area contributed by atoms with Crippen molar-refractivity contribution in [2.75, 3.05) is 0 Å². The Morgan fingerprint density at radius 3 is 2.45 bits per heavy atom. The van der Waals surface area contributed by atoms with E-state index in [-0.39, 0.29) is 6.61 Å². The third kappa shape index (κ3) is 3.83. The van der Waals surface area contributed by atoms with Crippen molar-refractivity contribution in [1.29, 1.82) is 0 Å². The quantitative estimate of drug-likeness (QED) is 0.693. The molecule has 0 amide bonds. The van der Waals surface area contributed by atoms with Gasteiger partial charge in [0.1, 0.15) is 12.4 Å². The molecule has 0 fully saturated rings. The molecule has 20 heavy (non-hydrogen) atoms. The van der Waals surface area contributed by atoms with Gasteiger partial charge in [0.25, 0.3) is 0 Å². The van der Waals surface area contributed by atoms with Crippen LogP contribution in [0.5, 0.6) is 0 Å². The topological polar surface area (TPSA) is 38.0 Å². The van der Waals surface area contributed by atoms with Gasteiger partial charge in [-0.3, -0.25) is 0 Å². The van der Waals surface area contributed by atoms with Gasteiger partial charge in [-0.2, -0.15) is 0 Å². The first kappa shape index (κ1) is 15.0. The monoisotopic (exact) mass is 274 g/mol. The van der Waals surface area contributed by atoms with Gasteiger partial charge in [-0.1, -0.05) is 57.6 Å². The molecule has 3 nitrogen and oxygen atoms in total. The van der Waals surface area contributed by atoms with Gasteiger partial charge in [0.15, 0.2) is 0 Å². The van der Waals surface area contributed by atoms with Crippen molar-refractivity contribution in [1.82, 2.24) is 9.55 Å². The van der Waals surface area contributed by atoms with E-state index in [1.807, 2.05) is 18.2 Å². The maximum atomic E-state index is 9.44. The Kier molecular flexibility index (Phi) is 6.06. The maximum Gasteiger partial charge on any atom is 0.135 e. The Morgan fingerprint density at radius 1 is 1.00 bits per heavy atom. The second-order valence-electron chi connectivity index (χ2n) is 5.45. The van der Waals surface area contributed by atoms with E-state index in [1.165, 1.54) is 44.9 Å². The standard InChI is InChI=1S/C17H26N2O/c1-2-3-4-5-6-7-10-13-19-16-12-9-8-11-15(16)18-17(19)14-20/h8-9,11-12,20H,2-7,10,13-14H2,1H3. The number of rotatable bonds is 9. The molecule has 0 aliphatic rings. The van der Waals surface area contributed by atoms with Crippen LogP contribution in [0.1, 0.15) is 57.7 Å². The number of hydrogen-bond donors (Lipinski definition) is 1. The fourth-order valence-electron chi connectivity index (χ4n) is 2.72. The molecule has 0 saturated heterocycles. The molecule has 0 radical (unpaired) electrons. The Bertz CT molecular complexity index is 519. The lowest BCUT2D eigenvalue weighted by Crippen LogP contribution is -2.04. The fraction of sp³-hybridized carbons (Fsp3) is 0.588. The molecule has 0 aliphatic heterocycles. The van der Waals surface area contributed by atoms with E-state index in [9.17, 15) is 5.11 Å². The molecule has 1 N–H and O–H groups in total. The van der Waals surface area contributed by atoms with Crippen LogP contribution >= 0.6 is 0 Å². The molecule has 0 spiro atoms. The number of imidazole rings is 1. The molecule has 0 aliphatic carbocycles. The third-order valence-electron chi connectivity index (χ3n) is 3.86. The van der Waals surface area contributed by atoms with Crippen molar-refractivity contribution >= 4 is 11.0 Å². The van der Waals surface area contributed by atoms with Crippen molar-refractivity contribution in [3.8, 4) is 0 Å². The van der Waals surface area contributed by atoms with Crippen molar-refractivity contribution in [3.63, 3.8) is 0 Å². The van der Waals surface area contributed by atoms with E-state index >= 15 is 0 Å². The molecule has 2 rings (SSSR count). The van der Waals surface area contributed by atoms with Crippen LogP contribution in [0.4, 0.5) is 0 Å². The molecule has 1 heterocycles. The Balaban J connectivity index is 1.86. The number of hydrogen-bond acceptors (Lipinski definition) is 2. The summed E-state index contributed by atoms with van der Waals surface area (Å²) in [6.07, 6.45) is 9.14. The highest BCUT2D eigenvalue weighted by Gasteiger charge is 2.08. The zero-order valence-corrected chi connectivity index (χ0v) is 12.5. The lowest BCUT2D eigenvalue weighted by molar-refractivity contribution is 0.265. The van der Waals surface area contributed by atoms with Crippen LogP contribution in [0.2, 0.25) is 0 Å². The van der Waals surface area contributed by atoms with Gasteiger partial charge in [-0.05, 0) is 18.6 Å². The predicted octanol–water partition coefficient (Wildman–Crippen LogP) is 4.28. The second-order valence-corrected chi connectivity index (χ2v) is 5.45. The average Bonchev–Trinajstić information content (AvgIpc) is 2.84. The number of aromatic nitrogens is 2. The minimum atomic E-state index is 0.0190. The molecule has 0 unspecified atom stereocenters. The lowest BCUT2D eigenvalue weighted by Gasteiger charge is -2.07. The molecular formula is C17H26N2O. The van der Waals surface area contributed by atoms with Gasteiger partial charge in [0.2, 0.25) is 0 Å². The smallest absolute Gasteiger partial charge is 0.135 e. The molecule has 2 aromatic rings. The largest absolute Gasteiger partial charge is 0.388 e. The molecule has 0 saturated carbocycles. The number of aliphatic hydroxyl groups is 1. The SMILES string of the molecule is CCCCCCCCCn1c(CO)nc2ccccc21. The molecule has 3 heteroatoms. The summed E-state index contributed by atoms with van der Waals surface area (Å²) in [5.41, 5.74) is 2.13. The first-order valence-corrected chi connectivity index (χ1v) is 7.91. The van der Waals surface area contributed by atoms with Crippen LogP contribution in [-0.2, 0) is 13.2 Å². The van der Waals surface area contributed by atoms with Gasteiger partial charge in [0, 0.05) is 6.54 Å². The summed E-state index contributed by atoms with van der Waals surface area (Å²) < 4.78 is 2.17. The van der Waals surface area contributed by atoms with E-state index in [2.05, 4.69) is 22.5 Å². The summed E-state index contributed by atoms with van der Waals surface area (Å²) in [6.45, 7) is 3.23. The minimum absolute atomic E-state index is 0.0190. The molecule has 0 bridgehead atoms. The van der Waals surface area contributed by atoms with Crippen molar-refractivity contribution in [2.45, 2.75) is 65.0 Å². The molecular weight excluding hydrogens is 248 g/mol. The minimum Gasteiger partial charge on any atom is -0.388 e. The van der Waals surface area contributed by atoms with Gasteiger partial charge < -0.3 is 9.67 Å². The summed E-state index contributed by atoms with van der Waals surface area (Å²) in [6, 6.07) is 8.12. The average molecular weight is 274 g/mol. The Hall–Kier alpha value is -1.35. The van der Waals surface area contributed by atoms with Gasteiger partial charge in [0.05, 0.1) is 11.0 Å². The number of para-hydroxylation sites is 2. The first-order valence-electron chi connectivity index (χ1n) is 7.91. The van der Waals surface area contributed by atoms with Gasteiger partial charge in [-0.15, -0.1) is 0 Å². The highest BCUT2D eigenvalue weighted by Crippen LogP contribution is 2.17. The molecule has 0 atom stereocenters. The summed E-state index contributed by atoms with van der Waals surface area (Å²) >= 11 is 0. The van der Waals surface area contributed by atoms with Crippen LogP contribution in [0.3, 0.4) is 0 Å². The molecule has 1 aromatic carbocycles.